The van der Waals surface area contributed by atoms with E-state index in [-0.39, 0.29) is 5.91 Å². The van der Waals surface area contributed by atoms with Crippen LogP contribution in [0.5, 0.6) is 5.75 Å². The van der Waals surface area contributed by atoms with Gasteiger partial charge in [0.05, 0.1) is 6.61 Å². The van der Waals surface area contributed by atoms with Crippen LogP contribution in [-0.4, -0.2) is 32.1 Å². The van der Waals surface area contributed by atoms with Gasteiger partial charge >= 0.3 is 0 Å². The number of benzene rings is 1. The Morgan fingerprint density at radius 3 is 2.96 bits per heavy atom. The Bertz CT molecular complexity index is 496. The van der Waals surface area contributed by atoms with Crippen LogP contribution in [0.2, 0.25) is 0 Å². The summed E-state index contributed by atoms with van der Waals surface area (Å²) in [4.78, 5) is 11.8. The molecule has 0 aromatic heterocycles. The number of nitrogens with one attached hydrogen (secondary N) is 2. The summed E-state index contributed by atoms with van der Waals surface area (Å²) in [5, 5.41) is 6.43. The number of rotatable bonds is 8. The summed E-state index contributed by atoms with van der Waals surface area (Å²) in [5.74, 6) is 1.74. The molecule has 2 rings (SSSR count). The Kier molecular flexibility index (Phi) is 7.40. The van der Waals surface area contributed by atoms with Crippen molar-refractivity contribution in [3.63, 3.8) is 0 Å². The first-order valence-electron chi connectivity index (χ1n) is 8.82. The molecule has 0 aliphatic carbocycles. The lowest BCUT2D eigenvalue weighted by Crippen LogP contribution is -2.33. The van der Waals surface area contributed by atoms with Gasteiger partial charge in [0.2, 0.25) is 5.91 Å². The number of aryl methyl sites for hydroxylation is 2. The molecule has 0 spiro atoms. The Balaban J connectivity index is 1.53. The molecule has 1 saturated heterocycles. The van der Waals surface area contributed by atoms with Crippen molar-refractivity contribution in [3.8, 4) is 5.75 Å². The first-order chi connectivity index (χ1) is 11.1. The molecule has 1 atom stereocenters. The van der Waals surface area contributed by atoms with Gasteiger partial charge in [0.15, 0.2) is 0 Å². The lowest BCUT2D eigenvalue weighted by Gasteiger charge is -2.22. The molecule has 0 saturated carbocycles. The molecule has 4 heteroatoms. The maximum Gasteiger partial charge on any atom is 0.220 e. The van der Waals surface area contributed by atoms with E-state index in [0.717, 1.165) is 44.1 Å². The molecule has 1 aliphatic rings. The van der Waals surface area contributed by atoms with Crippen LogP contribution in [0.1, 0.15) is 43.2 Å². The first-order valence-corrected chi connectivity index (χ1v) is 8.82. The maximum atomic E-state index is 11.8. The Morgan fingerprint density at radius 1 is 1.35 bits per heavy atom. The van der Waals surface area contributed by atoms with Crippen LogP contribution in [0.25, 0.3) is 0 Å². The zero-order valence-corrected chi connectivity index (χ0v) is 14.5. The fourth-order valence-electron chi connectivity index (χ4n) is 2.90. The second-order valence-corrected chi connectivity index (χ2v) is 6.55. The molecule has 23 heavy (non-hydrogen) atoms. The summed E-state index contributed by atoms with van der Waals surface area (Å²) >= 11 is 0. The van der Waals surface area contributed by atoms with Crippen molar-refractivity contribution in [2.75, 3.05) is 26.2 Å². The zero-order valence-electron chi connectivity index (χ0n) is 14.5. The monoisotopic (exact) mass is 318 g/mol. The molecule has 0 radical (unpaired) electrons. The normalized spacial score (nSPS) is 17.7. The van der Waals surface area contributed by atoms with Gasteiger partial charge in [0.25, 0.3) is 0 Å². The third kappa shape index (κ3) is 6.61. The molecular weight excluding hydrogens is 288 g/mol. The number of carbonyl (C=O) groups excluding carboxylic acids is 1. The molecule has 1 amide bonds. The van der Waals surface area contributed by atoms with Crippen molar-refractivity contribution < 1.29 is 9.53 Å². The fraction of sp³-hybridized carbons (Fsp3) is 0.632. The molecule has 1 fully saturated rings. The summed E-state index contributed by atoms with van der Waals surface area (Å²) in [7, 11) is 0. The number of hydrogen-bond donors (Lipinski definition) is 2. The average Bonchev–Trinajstić information content (AvgIpc) is 2.56. The van der Waals surface area contributed by atoms with E-state index in [1.807, 2.05) is 12.1 Å². The van der Waals surface area contributed by atoms with Crippen LogP contribution in [-0.2, 0) is 4.79 Å². The quantitative estimate of drug-likeness (QED) is 0.725. The first kappa shape index (κ1) is 17.8. The van der Waals surface area contributed by atoms with Gasteiger partial charge in [-0.3, -0.25) is 4.79 Å². The molecule has 1 heterocycles. The molecule has 1 aromatic carbocycles. The number of carbonyl (C=O) groups is 1. The molecule has 0 bridgehead atoms. The van der Waals surface area contributed by atoms with Gasteiger partial charge in [-0.15, -0.1) is 0 Å². The van der Waals surface area contributed by atoms with Gasteiger partial charge in [-0.1, -0.05) is 6.07 Å². The van der Waals surface area contributed by atoms with E-state index in [2.05, 4.69) is 30.5 Å². The van der Waals surface area contributed by atoms with Gasteiger partial charge in [-0.25, -0.2) is 0 Å². The van der Waals surface area contributed by atoms with Crippen molar-refractivity contribution in [3.05, 3.63) is 29.3 Å². The summed E-state index contributed by atoms with van der Waals surface area (Å²) in [5.41, 5.74) is 2.50. The van der Waals surface area contributed by atoms with Crippen molar-refractivity contribution in [2.24, 2.45) is 5.92 Å². The van der Waals surface area contributed by atoms with E-state index in [0.29, 0.717) is 13.0 Å². The summed E-state index contributed by atoms with van der Waals surface area (Å²) in [6, 6.07) is 6.10. The van der Waals surface area contributed by atoms with Crippen LogP contribution in [0.15, 0.2) is 18.2 Å². The van der Waals surface area contributed by atoms with Crippen LogP contribution >= 0.6 is 0 Å². The average molecular weight is 318 g/mol. The molecule has 1 aromatic rings. The number of hydrogen-bond acceptors (Lipinski definition) is 3. The number of ether oxygens (including phenoxy) is 1. The molecule has 4 nitrogen and oxygen atoms in total. The van der Waals surface area contributed by atoms with Crippen LogP contribution in [0.3, 0.4) is 0 Å². The van der Waals surface area contributed by atoms with E-state index in [4.69, 9.17) is 4.74 Å². The molecule has 128 valence electrons. The number of piperidine rings is 1. The fourth-order valence-corrected chi connectivity index (χ4v) is 2.90. The van der Waals surface area contributed by atoms with Gasteiger partial charge in [-0.2, -0.15) is 0 Å². The molecular formula is C19H30N2O2. The standard InChI is InChI=1S/C19H30N2O2/c1-15-7-8-18(13-16(15)2)23-12-4-6-19(22)21-11-9-17-5-3-10-20-14-17/h7-8,13,17,20H,3-6,9-12,14H2,1-2H3,(H,21,22). The van der Waals surface area contributed by atoms with Crippen LogP contribution in [0.4, 0.5) is 0 Å². The molecule has 1 unspecified atom stereocenters. The lowest BCUT2D eigenvalue weighted by molar-refractivity contribution is -0.121. The lowest BCUT2D eigenvalue weighted by atomic mass is 9.96. The zero-order chi connectivity index (χ0) is 16.5. The predicted octanol–water partition coefficient (Wildman–Crippen LogP) is 2.97. The van der Waals surface area contributed by atoms with E-state index >= 15 is 0 Å². The van der Waals surface area contributed by atoms with Crippen molar-refractivity contribution in [1.82, 2.24) is 10.6 Å². The molecule has 2 N–H and O–H groups in total. The Labute approximate surface area is 140 Å². The van der Waals surface area contributed by atoms with Gasteiger partial charge in [-0.05, 0) is 81.8 Å². The minimum atomic E-state index is 0.137. The second-order valence-electron chi connectivity index (χ2n) is 6.55. The summed E-state index contributed by atoms with van der Waals surface area (Å²) in [6.45, 7) is 7.79. The largest absolute Gasteiger partial charge is 0.494 e. The minimum Gasteiger partial charge on any atom is -0.494 e. The maximum absolute atomic E-state index is 11.8. The second kappa shape index (κ2) is 9.56. The topological polar surface area (TPSA) is 50.4 Å². The van der Waals surface area contributed by atoms with Crippen molar-refractivity contribution in [2.45, 2.75) is 46.0 Å². The highest BCUT2D eigenvalue weighted by Crippen LogP contribution is 2.16. The highest BCUT2D eigenvalue weighted by atomic mass is 16.5. The third-order valence-corrected chi connectivity index (χ3v) is 4.57. The minimum absolute atomic E-state index is 0.137. The van der Waals surface area contributed by atoms with Gasteiger partial charge < -0.3 is 15.4 Å². The van der Waals surface area contributed by atoms with Crippen LogP contribution in [0, 0.1) is 19.8 Å². The SMILES string of the molecule is Cc1ccc(OCCCC(=O)NCCC2CCCNC2)cc1C. The van der Waals surface area contributed by atoms with Crippen molar-refractivity contribution >= 4 is 5.91 Å². The number of amides is 1. The van der Waals surface area contributed by atoms with E-state index in [9.17, 15) is 4.79 Å². The van der Waals surface area contributed by atoms with Gasteiger partial charge in [0, 0.05) is 13.0 Å². The van der Waals surface area contributed by atoms with Crippen molar-refractivity contribution in [1.29, 1.82) is 0 Å². The highest BCUT2D eigenvalue weighted by Gasteiger charge is 2.12. The third-order valence-electron chi connectivity index (χ3n) is 4.57. The summed E-state index contributed by atoms with van der Waals surface area (Å²) < 4.78 is 5.70. The Morgan fingerprint density at radius 2 is 2.22 bits per heavy atom. The smallest absolute Gasteiger partial charge is 0.220 e. The van der Waals surface area contributed by atoms with E-state index < -0.39 is 0 Å². The molecule has 1 aliphatic heterocycles. The Hall–Kier alpha value is -1.55. The van der Waals surface area contributed by atoms with Gasteiger partial charge in [0.1, 0.15) is 5.75 Å². The van der Waals surface area contributed by atoms with Crippen LogP contribution < -0.4 is 15.4 Å². The van der Waals surface area contributed by atoms with E-state index in [1.54, 1.807) is 0 Å². The predicted molar refractivity (Wildman–Crippen MR) is 93.9 cm³/mol. The highest BCUT2D eigenvalue weighted by molar-refractivity contribution is 5.75. The summed E-state index contributed by atoms with van der Waals surface area (Å²) in [6.07, 6.45) is 4.91. The van der Waals surface area contributed by atoms with E-state index in [1.165, 1.54) is 24.0 Å².